The molecule has 0 aromatic heterocycles. The molecule has 3 aromatic rings. The van der Waals surface area contributed by atoms with Gasteiger partial charge < -0.3 is 52.2 Å². The van der Waals surface area contributed by atoms with Crippen molar-refractivity contribution in [3.05, 3.63) is 119 Å². The molecule has 3 saturated heterocycles. The molecule has 0 saturated carbocycles. The van der Waals surface area contributed by atoms with Crippen LogP contribution in [0.1, 0.15) is 129 Å². The first-order valence-electron chi connectivity index (χ1n) is 24.9. The summed E-state index contributed by atoms with van der Waals surface area (Å²) in [5, 5.41) is 0. The summed E-state index contributed by atoms with van der Waals surface area (Å²) in [5.41, 5.74) is 4.23. The van der Waals surface area contributed by atoms with Crippen LogP contribution in [0, 0.1) is 5.92 Å². The zero-order valence-electron chi connectivity index (χ0n) is 41.6. The zero-order chi connectivity index (χ0) is 47.7. The second kappa shape index (κ2) is 26.6. The molecule has 3 aromatic carbocycles. The van der Waals surface area contributed by atoms with Crippen LogP contribution in [-0.4, -0.2) is 92.8 Å². The average molecular weight is 929 g/mol. The third-order valence-electron chi connectivity index (χ3n) is 12.9. The van der Waals surface area contributed by atoms with Crippen LogP contribution in [-0.2, 0) is 72.0 Å². The van der Waals surface area contributed by atoms with Crippen LogP contribution < -0.4 is 0 Å². The highest BCUT2D eigenvalue weighted by Crippen LogP contribution is 2.43. The Bertz CT molecular complexity index is 1870. The number of carbonyl (C=O) groups is 1. The maximum atomic E-state index is 12.4. The van der Waals surface area contributed by atoms with Gasteiger partial charge in [0.2, 0.25) is 0 Å². The first-order valence-corrected chi connectivity index (χ1v) is 24.9. The minimum atomic E-state index is -0.828. The van der Waals surface area contributed by atoms with E-state index in [9.17, 15) is 4.79 Å². The lowest BCUT2D eigenvalue weighted by molar-refractivity contribution is -0.229. The Morgan fingerprint density at radius 1 is 0.672 bits per heavy atom. The van der Waals surface area contributed by atoms with E-state index in [1.807, 2.05) is 107 Å². The highest BCUT2D eigenvalue weighted by Gasteiger charge is 2.57. The van der Waals surface area contributed by atoms with Crippen LogP contribution in [0.2, 0.25) is 0 Å². The third-order valence-corrected chi connectivity index (χ3v) is 12.9. The molecule has 0 unspecified atom stereocenters. The summed E-state index contributed by atoms with van der Waals surface area (Å²) < 4.78 is 65.7. The van der Waals surface area contributed by atoms with Gasteiger partial charge in [-0.25, -0.2) is 0 Å². The molecule has 3 aliphatic heterocycles. The van der Waals surface area contributed by atoms with Gasteiger partial charge in [0.1, 0.15) is 37.5 Å². The SMILES string of the molecule is CCCCCCC[C@H]1OC(C)(C)O[C@@H]1C[C@H]1O[C@@H](C/C(C)=C/[C@@H](C)C[C@H](OCc2ccccc2)[C@@H](OCc2ccccc2)[C@@H](CC=O)OCc2ccccc2)[C@@H](OCOC)[C@@H]2OC(C)(C)O[C@@H]21. The molecule has 0 spiro atoms. The molecule has 0 radical (unpaired) electrons. The largest absolute Gasteiger partial charge is 0.371 e. The highest BCUT2D eigenvalue weighted by molar-refractivity contribution is 5.50. The molecule has 0 amide bonds. The average Bonchev–Trinajstić information content (AvgIpc) is 3.80. The maximum absolute atomic E-state index is 12.4. The van der Waals surface area contributed by atoms with Crippen LogP contribution >= 0.6 is 0 Å². The van der Waals surface area contributed by atoms with Crippen molar-refractivity contribution in [2.75, 3.05) is 13.9 Å². The summed E-state index contributed by atoms with van der Waals surface area (Å²) in [6, 6.07) is 30.2. The van der Waals surface area contributed by atoms with E-state index in [2.05, 4.69) is 39.0 Å². The molecule has 3 fully saturated rings. The molecule has 0 aliphatic carbocycles. The number of benzene rings is 3. The first kappa shape index (κ1) is 53.0. The van der Waals surface area contributed by atoms with Crippen molar-refractivity contribution in [3.8, 4) is 0 Å². The standard InChI is InChI=1S/C56H80O11/c1-9-10-11-12-22-29-45-47(65-55(4,5)64-45)35-50-53-54(67-56(6,7)66-53)52(62-39-58-8)49(63-50)34-41(3)32-40(2)33-48(60-37-43-25-18-14-19-26-43)51(61-38-44-27-20-15-21-28-44)46(30-31-57)59-36-42-23-16-13-17-24-42/h13-21,23-28,31-32,40,45-54H,9-12,22,29-30,33-39H2,1-8H3/b41-32+/t40-,45-,46-,47-,48+,49+,50-,51+,52-,53-,54+/m1/s1. The van der Waals surface area contributed by atoms with Gasteiger partial charge in [0.25, 0.3) is 0 Å². The monoisotopic (exact) mass is 929 g/mol. The number of hydrogen-bond acceptors (Lipinski definition) is 11. The molecule has 11 nitrogen and oxygen atoms in total. The number of ether oxygens (including phenoxy) is 10. The summed E-state index contributed by atoms with van der Waals surface area (Å²) >= 11 is 0. The minimum Gasteiger partial charge on any atom is -0.371 e. The van der Waals surface area contributed by atoms with E-state index in [-0.39, 0.29) is 55.8 Å². The van der Waals surface area contributed by atoms with Crippen molar-refractivity contribution < 1.29 is 52.2 Å². The van der Waals surface area contributed by atoms with E-state index in [1.165, 1.54) is 25.7 Å². The van der Waals surface area contributed by atoms with Gasteiger partial charge in [-0.15, -0.1) is 0 Å². The van der Waals surface area contributed by atoms with Gasteiger partial charge in [-0.1, -0.05) is 149 Å². The summed E-state index contributed by atoms with van der Waals surface area (Å²) in [6.45, 7) is 15.6. The molecule has 11 heteroatoms. The number of allylic oxidation sites excluding steroid dienone is 1. The highest BCUT2D eigenvalue weighted by atomic mass is 16.8. The van der Waals surface area contributed by atoms with Crippen LogP contribution in [0.3, 0.4) is 0 Å². The molecule has 0 bridgehead atoms. The van der Waals surface area contributed by atoms with Crippen LogP contribution in [0.15, 0.2) is 103 Å². The zero-order valence-corrected chi connectivity index (χ0v) is 41.6. The van der Waals surface area contributed by atoms with Gasteiger partial charge in [-0.2, -0.15) is 0 Å². The molecule has 6 rings (SSSR count). The number of hydrogen-bond donors (Lipinski definition) is 0. The summed E-state index contributed by atoms with van der Waals surface area (Å²) in [5.74, 6) is -1.48. The molecule has 3 heterocycles. The topological polar surface area (TPSA) is 109 Å². The molecule has 0 N–H and O–H groups in total. The molecule has 67 heavy (non-hydrogen) atoms. The fraction of sp³-hybridized carbons (Fsp3) is 0.625. The number of unbranched alkanes of at least 4 members (excludes halogenated alkanes) is 4. The summed E-state index contributed by atoms with van der Waals surface area (Å²) in [6.07, 6.45) is 8.47. The van der Waals surface area contributed by atoms with Crippen molar-refractivity contribution in [2.45, 2.75) is 205 Å². The number of methoxy groups -OCH3 is 1. The van der Waals surface area contributed by atoms with Crippen molar-refractivity contribution >= 4 is 6.29 Å². The summed E-state index contributed by atoms with van der Waals surface area (Å²) in [7, 11) is 1.63. The van der Waals surface area contributed by atoms with Gasteiger partial charge in [0, 0.05) is 20.0 Å². The van der Waals surface area contributed by atoms with Gasteiger partial charge in [-0.05, 0) is 76.5 Å². The Labute approximate surface area is 401 Å². The maximum Gasteiger partial charge on any atom is 0.164 e. The Hall–Kier alpha value is -3.33. The van der Waals surface area contributed by atoms with Crippen LogP contribution in [0.25, 0.3) is 0 Å². The predicted molar refractivity (Wildman–Crippen MR) is 259 cm³/mol. The summed E-state index contributed by atoms with van der Waals surface area (Å²) in [4.78, 5) is 12.4. The Morgan fingerprint density at radius 3 is 1.82 bits per heavy atom. The lowest BCUT2D eigenvalue weighted by Gasteiger charge is -2.43. The fourth-order valence-electron chi connectivity index (χ4n) is 9.95. The van der Waals surface area contributed by atoms with Gasteiger partial charge in [-0.3, -0.25) is 0 Å². The molecular formula is C56H80O11. The quantitative estimate of drug-likeness (QED) is 0.0287. The molecular weight excluding hydrogens is 849 g/mol. The van der Waals surface area contributed by atoms with Crippen molar-refractivity contribution in [2.24, 2.45) is 5.92 Å². The second-order valence-electron chi connectivity index (χ2n) is 19.7. The van der Waals surface area contributed by atoms with Crippen molar-refractivity contribution in [3.63, 3.8) is 0 Å². The molecule has 11 atom stereocenters. The normalized spacial score (nSPS) is 26.4. The van der Waals surface area contributed by atoms with E-state index < -0.39 is 36.0 Å². The molecule has 3 aliphatic rings. The Morgan fingerprint density at radius 2 is 1.22 bits per heavy atom. The third kappa shape index (κ3) is 16.7. The number of fused-ring (bicyclic) bond motifs is 1. The number of aldehydes is 1. The predicted octanol–water partition coefficient (Wildman–Crippen LogP) is 11.2. The first-order chi connectivity index (χ1) is 32.4. The number of rotatable bonds is 29. The van der Waals surface area contributed by atoms with E-state index >= 15 is 0 Å². The fourth-order valence-corrected chi connectivity index (χ4v) is 9.95. The van der Waals surface area contributed by atoms with Crippen LogP contribution in [0.5, 0.6) is 0 Å². The number of carbonyl (C=O) groups excluding carboxylic acids is 1. The van der Waals surface area contributed by atoms with Gasteiger partial charge >= 0.3 is 0 Å². The van der Waals surface area contributed by atoms with Gasteiger partial charge in [0.05, 0.1) is 56.4 Å². The lowest BCUT2D eigenvalue weighted by Crippen LogP contribution is -2.58. The van der Waals surface area contributed by atoms with E-state index in [0.29, 0.717) is 39.1 Å². The Kier molecular flexibility index (Phi) is 21.0. The smallest absolute Gasteiger partial charge is 0.164 e. The van der Waals surface area contributed by atoms with E-state index in [1.54, 1.807) is 7.11 Å². The van der Waals surface area contributed by atoms with E-state index in [4.69, 9.17) is 47.4 Å². The van der Waals surface area contributed by atoms with Gasteiger partial charge in [0.15, 0.2) is 11.6 Å². The van der Waals surface area contributed by atoms with Crippen LogP contribution in [0.4, 0.5) is 0 Å². The minimum absolute atomic E-state index is 0.0365. The Balaban J connectivity index is 1.23. The second-order valence-corrected chi connectivity index (χ2v) is 19.7. The van der Waals surface area contributed by atoms with Crippen molar-refractivity contribution in [1.29, 1.82) is 0 Å². The molecule has 370 valence electrons. The van der Waals surface area contributed by atoms with E-state index in [0.717, 1.165) is 41.4 Å². The van der Waals surface area contributed by atoms with Crippen molar-refractivity contribution in [1.82, 2.24) is 0 Å². The lowest BCUT2D eigenvalue weighted by atomic mass is 9.87.